The minimum atomic E-state index is -3.62. The molecular weight excluding hydrogens is 752 g/mol. The minimum absolute atomic E-state index is 0.0783. The number of carbonyl (C=O) groups excluding carboxylic acids is 2. The minimum Gasteiger partial charge on any atom is -0.451 e. The smallest absolute Gasteiger partial charge is 0.410 e. The lowest BCUT2D eigenvalue weighted by molar-refractivity contribution is 0.0259. The first kappa shape index (κ1) is 43.0. The largest absolute Gasteiger partial charge is 0.451 e. The van der Waals surface area contributed by atoms with Crippen LogP contribution in [0.1, 0.15) is 97.3 Å². The van der Waals surface area contributed by atoms with Gasteiger partial charge >= 0.3 is 6.09 Å². The molecule has 4 fully saturated rings. The number of hydrogen-bond acceptors (Lipinski definition) is 10. The number of hydrogen-bond donors (Lipinski definition) is 0. The summed E-state index contributed by atoms with van der Waals surface area (Å²) in [7, 11) is -3.62. The number of ether oxygens (including phenoxy) is 2. The summed E-state index contributed by atoms with van der Waals surface area (Å²) in [6.45, 7) is 20.3. The molecule has 0 unspecified atom stereocenters. The third-order valence-electron chi connectivity index (χ3n) is 12.0. The van der Waals surface area contributed by atoms with E-state index in [4.69, 9.17) is 9.47 Å². The first-order chi connectivity index (χ1) is 26.9. The van der Waals surface area contributed by atoms with E-state index in [1.54, 1.807) is 24.6 Å². The summed E-state index contributed by atoms with van der Waals surface area (Å²) in [5.41, 5.74) is -0.280. The van der Waals surface area contributed by atoms with Crippen LogP contribution in [0.4, 0.5) is 15.0 Å². The molecule has 0 saturated carbocycles. The van der Waals surface area contributed by atoms with Crippen molar-refractivity contribution in [2.24, 2.45) is 11.3 Å². The number of aromatic nitrogens is 2. The topological polar surface area (TPSA) is 132 Å². The SMILES string of the molecule is CC(C)N(C(=O)c1cc(F)ccc1Oc1cncnc1N1CC[C@@H](CN2CCC3(CC2)CCN(S(=O)(=O)N2CCCN(C(=O)OC(C)(C)C)CC2)CC3)C1)C(C)C. The number of rotatable bonds is 10. The van der Waals surface area contributed by atoms with Gasteiger partial charge in [-0.3, -0.25) is 4.79 Å². The Morgan fingerprint density at radius 2 is 1.58 bits per heavy atom. The first-order valence-corrected chi connectivity index (χ1v) is 22.1. The number of nitrogens with zero attached hydrogens (tertiary/aromatic N) is 8. The molecule has 1 atom stereocenters. The number of anilines is 1. The zero-order valence-electron chi connectivity index (χ0n) is 35.0. The quantitative estimate of drug-likeness (QED) is 0.288. The number of piperidine rings is 2. The second-order valence-corrected chi connectivity index (χ2v) is 19.8. The Morgan fingerprint density at radius 1 is 0.912 bits per heavy atom. The van der Waals surface area contributed by atoms with E-state index in [2.05, 4.69) is 19.8 Å². The van der Waals surface area contributed by atoms with Crippen molar-refractivity contribution >= 4 is 28.0 Å². The van der Waals surface area contributed by atoms with Crippen molar-refractivity contribution in [3.63, 3.8) is 0 Å². The number of likely N-dealkylation sites (tertiary alicyclic amines) is 1. The number of halogens is 1. The Kier molecular flexibility index (Phi) is 13.4. The van der Waals surface area contributed by atoms with Crippen molar-refractivity contribution in [1.82, 2.24) is 33.3 Å². The second kappa shape index (κ2) is 17.7. The van der Waals surface area contributed by atoms with Crippen LogP contribution in [0.15, 0.2) is 30.7 Å². The summed E-state index contributed by atoms with van der Waals surface area (Å²) in [4.78, 5) is 43.2. The summed E-state index contributed by atoms with van der Waals surface area (Å²) in [5, 5.41) is 0. The molecule has 316 valence electrons. The van der Waals surface area contributed by atoms with Gasteiger partial charge in [0.05, 0.1) is 11.8 Å². The molecule has 0 bridgehead atoms. The van der Waals surface area contributed by atoms with E-state index in [1.165, 1.54) is 24.5 Å². The van der Waals surface area contributed by atoms with Gasteiger partial charge in [-0.05, 0) is 130 Å². The predicted molar refractivity (Wildman–Crippen MR) is 217 cm³/mol. The van der Waals surface area contributed by atoms with Crippen LogP contribution in [0, 0.1) is 17.2 Å². The van der Waals surface area contributed by atoms with Crippen molar-refractivity contribution in [2.45, 2.75) is 105 Å². The van der Waals surface area contributed by atoms with Crippen molar-refractivity contribution in [1.29, 1.82) is 0 Å². The Balaban J connectivity index is 0.995. The lowest BCUT2D eigenvalue weighted by atomic mass is 9.71. The van der Waals surface area contributed by atoms with Crippen molar-refractivity contribution in [3.8, 4) is 11.5 Å². The Labute approximate surface area is 338 Å². The molecule has 16 heteroatoms. The standard InChI is InChI=1S/C41H63FN8O6S/c1-30(2)50(31(3)4)38(51)34-25-33(42)9-10-35(34)55-36-26-43-29-44-37(36)47-18-11-32(28-47)27-45-19-12-41(13-20-45)14-21-49(22-15-41)57(53,54)48-17-8-16-46(23-24-48)39(52)56-40(5,6)7/h9-10,25-26,29-32H,8,11-24,27-28H2,1-7H3/t32-/m0/s1. The van der Waals surface area contributed by atoms with Crippen molar-refractivity contribution in [2.75, 3.05) is 76.9 Å². The predicted octanol–water partition coefficient (Wildman–Crippen LogP) is 5.86. The molecule has 2 aromatic rings. The van der Waals surface area contributed by atoms with Gasteiger partial charge in [-0.1, -0.05) is 0 Å². The lowest BCUT2D eigenvalue weighted by Gasteiger charge is -2.47. The molecule has 4 aliphatic rings. The molecule has 2 amide bonds. The fraction of sp³-hybridized carbons (Fsp3) is 0.707. The van der Waals surface area contributed by atoms with E-state index in [9.17, 15) is 22.4 Å². The van der Waals surface area contributed by atoms with Crippen LogP contribution in [0.2, 0.25) is 0 Å². The first-order valence-electron chi connectivity index (χ1n) is 20.8. The van der Waals surface area contributed by atoms with Crippen LogP contribution in [-0.2, 0) is 14.9 Å². The summed E-state index contributed by atoms with van der Waals surface area (Å²) in [5.74, 6) is 0.966. The van der Waals surface area contributed by atoms with Crippen LogP contribution >= 0.6 is 0 Å². The Bertz CT molecular complexity index is 1820. The average Bonchev–Trinajstić information content (AvgIpc) is 3.45. The zero-order valence-corrected chi connectivity index (χ0v) is 35.8. The molecule has 1 aromatic heterocycles. The third-order valence-corrected chi connectivity index (χ3v) is 14.0. The van der Waals surface area contributed by atoms with Gasteiger partial charge in [0.15, 0.2) is 11.6 Å². The Morgan fingerprint density at radius 3 is 2.25 bits per heavy atom. The lowest BCUT2D eigenvalue weighted by Crippen LogP contribution is -2.52. The zero-order chi connectivity index (χ0) is 41.1. The molecule has 6 rings (SSSR count). The fourth-order valence-corrected chi connectivity index (χ4v) is 10.6. The molecule has 57 heavy (non-hydrogen) atoms. The van der Waals surface area contributed by atoms with E-state index in [-0.39, 0.29) is 41.3 Å². The summed E-state index contributed by atoms with van der Waals surface area (Å²) in [6, 6.07) is 3.87. The number of benzene rings is 1. The molecular formula is C41H63FN8O6S. The normalized spacial score (nSPS) is 21.6. The monoisotopic (exact) mass is 814 g/mol. The van der Waals surface area contributed by atoms with E-state index in [0.717, 1.165) is 64.8 Å². The van der Waals surface area contributed by atoms with Crippen LogP contribution in [-0.4, -0.2) is 143 Å². The van der Waals surface area contributed by atoms with Crippen LogP contribution in [0.5, 0.6) is 11.5 Å². The molecule has 0 radical (unpaired) electrons. The second-order valence-electron chi connectivity index (χ2n) is 17.9. The van der Waals surface area contributed by atoms with Gasteiger partial charge < -0.3 is 29.1 Å². The van der Waals surface area contributed by atoms with E-state index >= 15 is 0 Å². The average molecular weight is 815 g/mol. The molecule has 4 aliphatic heterocycles. The van der Waals surface area contributed by atoms with Crippen LogP contribution in [0.3, 0.4) is 0 Å². The van der Waals surface area contributed by atoms with Gasteiger partial charge in [-0.25, -0.2) is 19.2 Å². The van der Waals surface area contributed by atoms with Gasteiger partial charge in [-0.15, -0.1) is 0 Å². The highest BCUT2D eigenvalue weighted by atomic mass is 32.2. The summed E-state index contributed by atoms with van der Waals surface area (Å²) < 4.78 is 57.0. The van der Waals surface area contributed by atoms with E-state index < -0.39 is 27.7 Å². The van der Waals surface area contributed by atoms with Gasteiger partial charge in [-0.2, -0.15) is 17.0 Å². The van der Waals surface area contributed by atoms with Crippen LogP contribution < -0.4 is 9.64 Å². The highest BCUT2D eigenvalue weighted by molar-refractivity contribution is 7.86. The maximum atomic E-state index is 14.5. The van der Waals surface area contributed by atoms with Crippen LogP contribution in [0.25, 0.3) is 0 Å². The fourth-order valence-electron chi connectivity index (χ4n) is 8.94. The highest BCUT2D eigenvalue weighted by Crippen LogP contribution is 2.43. The third kappa shape index (κ3) is 10.4. The highest BCUT2D eigenvalue weighted by Gasteiger charge is 2.42. The maximum absolute atomic E-state index is 14.5. The van der Waals surface area contributed by atoms with Gasteiger partial charge in [0.1, 0.15) is 23.5 Å². The Hall–Kier alpha value is -3.60. The molecule has 1 aromatic carbocycles. The summed E-state index contributed by atoms with van der Waals surface area (Å²) >= 11 is 0. The van der Waals surface area contributed by atoms with Crippen molar-refractivity contribution < 1.29 is 31.9 Å². The maximum Gasteiger partial charge on any atom is 0.410 e. The number of amides is 2. The van der Waals surface area contributed by atoms with E-state index in [0.29, 0.717) is 56.6 Å². The molecule has 5 heterocycles. The van der Waals surface area contributed by atoms with Gasteiger partial charge in [0.25, 0.3) is 16.1 Å². The molecule has 4 saturated heterocycles. The van der Waals surface area contributed by atoms with Gasteiger partial charge in [0, 0.05) is 71.0 Å². The van der Waals surface area contributed by atoms with Gasteiger partial charge in [0.2, 0.25) is 0 Å². The molecule has 0 aliphatic carbocycles. The molecule has 0 N–H and O–H groups in total. The summed E-state index contributed by atoms with van der Waals surface area (Å²) in [6.07, 6.45) is 8.12. The van der Waals surface area contributed by atoms with Crippen molar-refractivity contribution in [3.05, 3.63) is 42.1 Å². The van der Waals surface area contributed by atoms with E-state index in [1.807, 2.05) is 48.5 Å². The number of carbonyl (C=O) groups is 2. The molecule has 14 nitrogen and oxygen atoms in total. The molecule has 1 spiro atoms.